The average Bonchev–Trinajstić information content (AvgIpc) is 2.15. The summed E-state index contributed by atoms with van der Waals surface area (Å²) in [5, 5.41) is 12.8. The predicted octanol–water partition coefficient (Wildman–Crippen LogP) is 2.28. The number of aromatic hydroxyl groups is 1. The molecule has 0 aliphatic rings. The van der Waals surface area contributed by atoms with Crippen LogP contribution >= 0.6 is 11.6 Å². The molecule has 0 atom stereocenters. The number of hydrogen-bond acceptors (Lipinski definition) is 3. The molecule has 0 aliphatic carbocycles. The first-order valence-corrected chi connectivity index (χ1v) is 5.65. The molecule has 0 spiro atoms. The number of phenolic OH excluding ortho intramolecular Hbond substituents is 1. The van der Waals surface area contributed by atoms with E-state index in [1.54, 1.807) is 6.07 Å². The first kappa shape index (κ1) is 13.8. The lowest BCUT2D eigenvalue weighted by Gasteiger charge is -2.22. The third-order valence-electron chi connectivity index (χ3n) is 2.17. The van der Waals surface area contributed by atoms with E-state index in [0.29, 0.717) is 22.7 Å². The maximum atomic E-state index is 11.1. The van der Waals surface area contributed by atoms with Crippen LogP contribution in [0, 0.1) is 0 Å². The van der Waals surface area contributed by atoms with Crippen molar-refractivity contribution in [1.82, 2.24) is 0 Å². The van der Waals surface area contributed by atoms with E-state index < -0.39 is 5.54 Å². The van der Waals surface area contributed by atoms with Crippen molar-refractivity contribution in [1.29, 1.82) is 0 Å². The molecule has 17 heavy (non-hydrogen) atoms. The summed E-state index contributed by atoms with van der Waals surface area (Å²) in [6, 6.07) is 3.03. The van der Waals surface area contributed by atoms with Crippen molar-refractivity contribution >= 4 is 23.2 Å². The lowest BCUT2D eigenvalue weighted by Crippen LogP contribution is -2.34. The highest BCUT2D eigenvalue weighted by Crippen LogP contribution is 2.34. The summed E-state index contributed by atoms with van der Waals surface area (Å²) in [5.41, 5.74) is 6.44. The van der Waals surface area contributed by atoms with Crippen LogP contribution in [0.15, 0.2) is 12.1 Å². The smallest absolute Gasteiger partial charge is 0.221 e. The van der Waals surface area contributed by atoms with Crippen molar-refractivity contribution in [3.8, 4) is 5.75 Å². The molecule has 94 valence electrons. The van der Waals surface area contributed by atoms with Gasteiger partial charge in [-0.15, -0.1) is 0 Å². The molecule has 0 aromatic heterocycles. The van der Waals surface area contributed by atoms with Gasteiger partial charge < -0.3 is 16.2 Å². The molecule has 5 heteroatoms. The van der Waals surface area contributed by atoms with Gasteiger partial charge in [-0.25, -0.2) is 0 Å². The molecule has 1 aromatic carbocycles. The Bertz CT molecular complexity index is 439. The fourth-order valence-electron chi connectivity index (χ4n) is 1.55. The molecule has 0 heterocycles. The Hall–Kier alpha value is -1.26. The van der Waals surface area contributed by atoms with Gasteiger partial charge >= 0.3 is 0 Å². The second-order valence-electron chi connectivity index (χ2n) is 4.77. The van der Waals surface area contributed by atoms with Gasteiger partial charge in [-0.2, -0.15) is 0 Å². The molecule has 0 bridgehead atoms. The number of nitrogens with two attached hydrogens (primary N) is 1. The lowest BCUT2D eigenvalue weighted by molar-refractivity contribution is -0.114. The summed E-state index contributed by atoms with van der Waals surface area (Å²) in [7, 11) is 0. The van der Waals surface area contributed by atoms with Crippen LogP contribution in [0.25, 0.3) is 0 Å². The Morgan fingerprint density at radius 1 is 1.53 bits per heavy atom. The van der Waals surface area contributed by atoms with Gasteiger partial charge in [0.25, 0.3) is 0 Å². The van der Waals surface area contributed by atoms with Crippen molar-refractivity contribution in [3.05, 3.63) is 22.7 Å². The molecule has 0 fully saturated rings. The van der Waals surface area contributed by atoms with Gasteiger partial charge in [0.15, 0.2) is 0 Å². The van der Waals surface area contributed by atoms with Crippen LogP contribution in [-0.4, -0.2) is 16.6 Å². The number of phenols is 1. The van der Waals surface area contributed by atoms with Crippen molar-refractivity contribution in [3.63, 3.8) is 0 Å². The summed E-state index contributed by atoms with van der Waals surface area (Å²) < 4.78 is 0. The van der Waals surface area contributed by atoms with E-state index in [9.17, 15) is 9.90 Å². The minimum absolute atomic E-state index is 0.0103. The average molecular weight is 257 g/mol. The van der Waals surface area contributed by atoms with Crippen LogP contribution in [-0.2, 0) is 11.2 Å². The standard InChI is InChI=1S/C12H17ClN2O2/c1-7(16)15-11-8(6-12(2,3)14)9(13)4-5-10(11)17/h4-5,17H,6,14H2,1-3H3,(H,15,16). The molecule has 0 aliphatic heterocycles. The Labute approximate surface area is 106 Å². The fourth-order valence-corrected chi connectivity index (χ4v) is 1.78. The maximum Gasteiger partial charge on any atom is 0.221 e. The Kier molecular flexibility index (Phi) is 4.01. The topological polar surface area (TPSA) is 75.3 Å². The molecule has 4 nitrogen and oxygen atoms in total. The van der Waals surface area contributed by atoms with Crippen molar-refractivity contribution < 1.29 is 9.90 Å². The first-order chi connectivity index (χ1) is 7.70. The molecule has 4 N–H and O–H groups in total. The largest absolute Gasteiger partial charge is 0.506 e. The van der Waals surface area contributed by atoms with Crippen LogP contribution in [0.5, 0.6) is 5.75 Å². The summed E-state index contributed by atoms with van der Waals surface area (Å²) in [6.45, 7) is 5.08. The number of carbonyl (C=O) groups is 1. The molecule has 0 unspecified atom stereocenters. The van der Waals surface area contributed by atoms with E-state index in [2.05, 4.69) is 5.32 Å². The zero-order valence-corrected chi connectivity index (χ0v) is 10.9. The number of anilines is 1. The molecule has 0 saturated heterocycles. The number of amides is 1. The Balaban J connectivity index is 3.24. The van der Waals surface area contributed by atoms with Gasteiger partial charge in [-0.3, -0.25) is 4.79 Å². The zero-order chi connectivity index (χ0) is 13.2. The van der Waals surface area contributed by atoms with Crippen molar-refractivity contribution in [2.45, 2.75) is 32.7 Å². The van der Waals surface area contributed by atoms with E-state index in [-0.39, 0.29) is 11.7 Å². The monoisotopic (exact) mass is 256 g/mol. The third kappa shape index (κ3) is 3.91. The molecule has 1 rings (SSSR count). The van der Waals surface area contributed by atoms with Gasteiger partial charge in [0.2, 0.25) is 5.91 Å². The van der Waals surface area contributed by atoms with Crippen LogP contribution < -0.4 is 11.1 Å². The van der Waals surface area contributed by atoms with Crippen LogP contribution in [0.1, 0.15) is 26.3 Å². The zero-order valence-electron chi connectivity index (χ0n) is 10.2. The normalized spacial score (nSPS) is 11.4. The molecule has 1 amide bonds. The number of nitrogens with one attached hydrogen (secondary N) is 1. The maximum absolute atomic E-state index is 11.1. The van der Waals surface area contributed by atoms with Gasteiger partial charge in [0.05, 0.1) is 5.69 Å². The summed E-state index contributed by atoms with van der Waals surface area (Å²) >= 11 is 6.07. The van der Waals surface area contributed by atoms with Gasteiger partial charge in [-0.05, 0) is 38.0 Å². The molecule has 1 aromatic rings. The van der Waals surface area contributed by atoms with Crippen LogP contribution in [0.2, 0.25) is 5.02 Å². The van der Waals surface area contributed by atoms with Crippen molar-refractivity contribution in [2.75, 3.05) is 5.32 Å². The highest BCUT2D eigenvalue weighted by Gasteiger charge is 2.20. The quantitative estimate of drug-likeness (QED) is 0.727. The van der Waals surface area contributed by atoms with Crippen LogP contribution in [0.3, 0.4) is 0 Å². The number of rotatable bonds is 3. The number of halogens is 1. The minimum Gasteiger partial charge on any atom is -0.506 e. The van der Waals surface area contributed by atoms with E-state index >= 15 is 0 Å². The summed E-state index contributed by atoms with van der Waals surface area (Å²) in [6.07, 6.45) is 0.454. The highest BCUT2D eigenvalue weighted by atomic mass is 35.5. The first-order valence-electron chi connectivity index (χ1n) is 5.27. The molecular weight excluding hydrogens is 240 g/mol. The van der Waals surface area contributed by atoms with Gasteiger partial charge in [-0.1, -0.05) is 11.6 Å². The fraction of sp³-hybridized carbons (Fsp3) is 0.417. The van der Waals surface area contributed by atoms with E-state index in [0.717, 1.165) is 0 Å². The van der Waals surface area contributed by atoms with E-state index in [1.807, 2.05) is 13.8 Å². The highest BCUT2D eigenvalue weighted by molar-refractivity contribution is 6.32. The van der Waals surface area contributed by atoms with Crippen molar-refractivity contribution in [2.24, 2.45) is 5.73 Å². The molecular formula is C12H17ClN2O2. The lowest BCUT2D eigenvalue weighted by atomic mass is 9.94. The predicted molar refractivity (Wildman–Crippen MR) is 69.4 cm³/mol. The van der Waals surface area contributed by atoms with E-state index in [4.69, 9.17) is 17.3 Å². The Morgan fingerprint density at radius 2 is 2.12 bits per heavy atom. The molecule has 0 radical (unpaired) electrons. The molecule has 0 saturated carbocycles. The van der Waals surface area contributed by atoms with Gasteiger partial charge in [0.1, 0.15) is 5.75 Å². The van der Waals surface area contributed by atoms with Gasteiger partial charge in [0, 0.05) is 17.5 Å². The number of benzene rings is 1. The second kappa shape index (κ2) is 4.94. The number of carbonyl (C=O) groups excluding carboxylic acids is 1. The Morgan fingerprint density at radius 3 is 2.59 bits per heavy atom. The van der Waals surface area contributed by atoms with E-state index in [1.165, 1.54) is 13.0 Å². The second-order valence-corrected chi connectivity index (χ2v) is 5.17. The third-order valence-corrected chi connectivity index (χ3v) is 2.52. The summed E-state index contributed by atoms with van der Waals surface area (Å²) in [4.78, 5) is 11.1. The minimum atomic E-state index is -0.481. The van der Waals surface area contributed by atoms with Crippen LogP contribution in [0.4, 0.5) is 5.69 Å². The SMILES string of the molecule is CC(=O)Nc1c(O)ccc(Cl)c1CC(C)(C)N. The number of hydrogen-bond donors (Lipinski definition) is 3. The summed E-state index contributed by atoms with van der Waals surface area (Å²) in [5.74, 6) is -0.275.